The maximum atomic E-state index is 13.0. The van der Waals surface area contributed by atoms with Crippen LogP contribution in [0.25, 0.3) is 0 Å². The zero-order chi connectivity index (χ0) is 15.4. The zero-order valence-corrected chi connectivity index (χ0v) is 11.5. The molecule has 0 aliphatic heterocycles. The van der Waals surface area contributed by atoms with Crippen LogP contribution in [0.15, 0.2) is 23.6 Å². The third kappa shape index (κ3) is 3.76. The van der Waals surface area contributed by atoms with E-state index in [2.05, 4.69) is 10.3 Å². The minimum Gasteiger partial charge on any atom is -0.507 e. The van der Waals surface area contributed by atoms with Gasteiger partial charge in [0.05, 0.1) is 10.6 Å². The van der Waals surface area contributed by atoms with Gasteiger partial charge in [-0.15, -0.1) is 11.3 Å². The lowest BCUT2D eigenvalue weighted by Gasteiger charge is -2.06. The van der Waals surface area contributed by atoms with Gasteiger partial charge in [-0.05, 0) is 18.2 Å². The van der Waals surface area contributed by atoms with Gasteiger partial charge >= 0.3 is 5.97 Å². The fraction of sp³-hybridized carbons (Fsp3) is 0.154. The SMILES string of the molecule is O=C(O)c1csc(CCNC(=O)c2cc(F)ccc2O)n1. The van der Waals surface area contributed by atoms with E-state index < -0.39 is 17.7 Å². The van der Waals surface area contributed by atoms with Crippen LogP contribution in [0.4, 0.5) is 4.39 Å². The number of amides is 1. The van der Waals surface area contributed by atoms with E-state index in [9.17, 15) is 19.1 Å². The Bertz CT molecular complexity index is 687. The first kappa shape index (κ1) is 14.9. The van der Waals surface area contributed by atoms with E-state index in [-0.39, 0.29) is 23.6 Å². The number of carbonyl (C=O) groups is 2. The monoisotopic (exact) mass is 310 g/mol. The minimum absolute atomic E-state index is 0.0379. The van der Waals surface area contributed by atoms with E-state index in [0.717, 1.165) is 18.2 Å². The lowest BCUT2D eigenvalue weighted by molar-refractivity contribution is 0.0690. The number of carboxylic acid groups (broad SMARTS) is 1. The molecule has 0 bridgehead atoms. The standard InChI is InChI=1S/C13H11FN2O4S/c14-7-1-2-10(17)8(5-7)12(18)15-4-3-11-16-9(6-21-11)13(19)20/h1-2,5-6,17H,3-4H2,(H,15,18)(H,19,20). The average Bonchev–Trinajstić information content (AvgIpc) is 2.90. The van der Waals surface area contributed by atoms with Gasteiger partial charge < -0.3 is 15.5 Å². The topological polar surface area (TPSA) is 99.5 Å². The highest BCUT2D eigenvalue weighted by atomic mass is 32.1. The average molecular weight is 310 g/mol. The van der Waals surface area contributed by atoms with Crippen LogP contribution in [0.2, 0.25) is 0 Å². The quantitative estimate of drug-likeness (QED) is 0.780. The molecule has 110 valence electrons. The number of hydrogen-bond donors (Lipinski definition) is 3. The molecule has 0 spiro atoms. The van der Waals surface area contributed by atoms with Crippen LogP contribution in [0.1, 0.15) is 25.9 Å². The molecule has 1 aromatic heterocycles. The zero-order valence-electron chi connectivity index (χ0n) is 10.7. The largest absolute Gasteiger partial charge is 0.507 e. The summed E-state index contributed by atoms with van der Waals surface area (Å²) in [5.74, 6) is -2.64. The number of rotatable bonds is 5. The maximum absolute atomic E-state index is 13.0. The highest BCUT2D eigenvalue weighted by molar-refractivity contribution is 7.09. The van der Waals surface area contributed by atoms with Crippen LogP contribution in [-0.4, -0.2) is 33.6 Å². The number of aromatic carboxylic acids is 1. The van der Waals surface area contributed by atoms with Gasteiger partial charge in [-0.1, -0.05) is 0 Å². The minimum atomic E-state index is -1.11. The van der Waals surface area contributed by atoms with Crippen LogP contribution >= 0.6 is 11.3 Å². The highest BCUT2D eigenvalue weighted by Gasteiger charge is 2.13. The number of phenols is 1. The van der Waals surface area contributed by atoms with Crippen molar-refractivity contribution in [1.82, 2.24) is 10.3 Å². The van der Waals surface area contributed by atoms with E-state index in [1.165, 1.54) is 16.7 Å². The first-order valence-corrected chi connectivity index (χ1v) is 6.79. The number of aromatic nitrogens is 1. The van der Waals surface area contributed by atoms with Crippen molar-refractivity contribution in [3.8, 4) is 5.75 Å². The summed E-state index contributed by atoms with van der Waals surface area (Å²) < 4.78 is 13.0. The number of nitrogens with zero attached hydrogens (tertiary/aromatic N) is 1. The van der Waals surface area contributed by atoms with Crippen LogP contribution in [0.5, 0.6) is 5.75 Å². The summed E-state index contributed by atoms with van der Waals surface area (Å²) >= 11 is 1.18. The second kappa shape index (κ2) is 6.31. The molecule has 3 N–H and O–H groups in total. The van der Waals surface area contributed by atoms with Gasteiger partial charge in [0.25, 0.3) is 5.91 Å². The predicted octanol–water partition coefficient (Wildman–Crippen LogP) is 1.66. The van der Waals surface area contributed by atoms with Crippen molar-refractivity contribution in [2.24, 2.45) is 0 Å². The van der Waals surface area contributed by atoms with Gasteiger partial charge in [0, 0.05) is 18.3 Å². The third-order valence-electron chi connectivity index (χ3n) is 2.60. The summed E-state index contributed by atoms with van der Waals surface area (Å²) in [7, 11) is 0. The first-order valence-electron chi connectivity index (χ1n) is 5.92. The molecule has 2 rings (SSSR count). The Morgan fingerprint density at radius 3 is 2.81 bits per heavy atom. The molecule has 1 heterocycles. The Balaban J connectivity index is 1.92. The molecular formula is C13H11FN2O4S. The summed E-state index contributed by atoms with van der Waals surface area (Å²) in [4.78, 5) is 26.3. The summed E-state index contributed by atoms with van der Waals surface area (Å²) in [5.41, 5.74) is -0.190. The van der Waals surface area contributed by atoms with Crippen molar-refractivity contribution in [2.75, 3.05) is 6.54 Å². The van der Waals surface area contributed by atoms with Gasteiger partial charge in [0.2, 0.25) is 0 Å². The van der Waals surface area contributed by atoms with Crippen molar-refractivity contribution in [2.45, 2.75) is 6.42 Å². The lowest BCUT2D eigenvalue weighted by Crippen LogP contribution is -2.25. The highest BCUT2D eigenvalue weighted by Crippen LogP contribution is 2.17. The molecular weight excluding hydrogens is 299 g/mol. The van der Waals surface area contributed by atoms with Gasteiger partial charge in [-0.3, -0.25) is 4.79 Å². The smallest absolute Gasteiger partial charge is 0.355 e. The van der Waals surface area contributed by atoms with Crippen LogP contribution in [-0.2, 0) is 6.42 Å². The number of carbonyl (C=O) groups excluding carboxylic acids is 1. The molecule has 0 aliphatic carbocycles. The second-order valence-corrected chi connectivity index (χ2v) is 5.04. The predicted molar refractivity (Wildman–Crippen MR) is 73.2 cm³/mol. The van der Waals surface area contributed by atoms with Crippen molar-refractivity contribution in [1.29, 1.82) is 0 Å². The number of carboxylic acids is 1. The van der Waals surface area contributed by atoms with Crippen LogP contribution < -0.4 is 5.32 Å². The fourth-order valence-corrected chi connectivity index (χ4v) is 2.36. The molecule has 6 nitrogen and oxygen atoms in total. The van der Waals surface area contributed by atoms with Crippen LogP contribution in [0.3, 0.4) is 0 Å². The van der Waals surface area contributed by atoms with Crippen molar-refractivity contribution in [3.63, 3.8) is 0 Å². The molecule has 2 aromatic rings. The van der Waals surface area contributed by atoms with Crippen LogP contribution in [0, 0.1) is 5.82 Å². The van der Waals surface area contributed by atoms with Gasteiger partial charge in [-0.25, -0.2) is 14.2 Å². The molecule has 0 unspecified atom stereocenters. The molecule has 8 heteroatoms. The molecule has 0 saturated carbocycles. The van der Waals surface area contributed by atoms with E-state index in [4.69, 9.17) is 5.11 Å². The molecule has 0 aliphatic rings. The number of thiazole rings is 1. The van der Waals surface area contributed by atoms with Gasteiger partial charge in [0.15, 0.2) is 5.69 Å². The second-order valence-electron chi connectivity index (χ2n) is 4.10. The number of benzene rings is 1. The normalized spacial score (nSPS) is 10.3. The van der Waals surface area contributed by atoms with Gasteiger partial charge in [0.1, 0.15) is 11.6 Å². The summed E-state index contributed by atoms with van der Waals surface area (Å²) in [5, 5.41) is 22.7. The summed E-state index contributed by atoms with van der Waals surface area (Å²) in [6, 6.07) is 3.09. The van der Waals surface area contributed by atoms with E-state index in [1.807, 2.05) is 0 Å². The Hall–Kier alpha value is -2.48. The first-order chi connectivity index (χ1) is 9.97. The molecule has 0 atom stereocenters. The number of nitrogens with one attached hydrogen (secondary N) is 1. The Kier molecular flexibility index (Phi) is 4.49. The Labute approximate surface area is 122 Å². The summed E-state index contributed by atoms with van der Waals surface area (Å²) in [6.45, 7) is 0.196. The Morgan fingerprint density at radius 1 is 1.38 bits per heavy atom. The molecule has 0 radical (unpaired) electrons. The molecule has 0 saturated heterocycles. The number of hydrogen-bond acceptors (Lipinski definition) is 5. The Morgan fingerprint density at radius 2 is 2.14 bits per heavy atom. The van der Waals surface area contributed by atoms with E-state index in [0.29, 0.717) is 11.4 Å². The molecule has 21 heavy (non-hydrogen) atoms. The summed E-state index contributed by atoms with van der Waals surface area (Å²) in [6.07, 6.45) is 0.347. The van der Waals surface area contributed by atoms with Crippen molar-refractivity contribution >= 4 is 23.2 Å². The van der Waals surface area contributed by atoms with Crippen molar-refractivity contribution < 1.29 is 24.2 Å². The maximum Gasteiger partial charge on any atom is 0.355 e. The molecule has 1 amide bonds. The van der Waals surface area contributed by atoms with E-state index in [1.54, 1.807) is 0 Å². The third-order valence-corrected chi connectivity index (χ3v) is 3.51. The van der Waals surface area contributed by atoms with Gasteiger partial charge in [-0.2, -0.15) is 0 Å². The number of aromatic hydroxyl groups is 1. The molecule has 1 aromatic carbocycles. The van der Waals surface area contributed by atoms with E-state index >= 15 is 0 Å². The number of phenolic OH excluding ortho intramolecular Hbond substituents is 1. The number of halogens is 1. The molecule has 0 fully saturated rings. The fourth-order valence-electron chi connectivity index (χ4n) is 1.59. The van der Waals surface area contributed by atoms with Crippen molar-refractivity contribution in [3.05, 3.63) is 45.7 Å². The lowest BCUT2D eigenvalue weighted by atomic mass is 10.2.